The molecule has 1 fully saturated rings. The second-order valence-corrected chi connectivity index (χ2v) is 4.59. The molecule has 1 heterocycles. The van der Waals surface area contributed by atoms with Crippen molar-refractivity contribution >= 4 is 5.91 Å². The van der Waals surface area contributed by atoms with Crippen molar-refractivity contribution in [2.75, 3.05) is 13.1 Å². The number of unbranched alkanes of at least 4 members (excludes halogenated alkanes) is 1. The van der Waals surface area contributed by atoms with E-state index < -0.39 is 0 Å². The van der Waals surface area contributed by atoms with Gasteiger partial charge in [-0.1, -0.05) is 26.2 Å². The van der Waals surface area contributed by atoms with Gasteiger partial charge in [0.15, 0.2) is 0 Å². The molecule has 1 saturated heterocycles. The van der Waals surface area contributed by atoms with Crippen molar-refractivity contribution in [3.63, 3.8) is 0 Å². The lowest BCUT2D eigenvalue weighted by Crippen LogP contribution is -2.51. The highest BCUT2D eigenvalue weighted by atomic mass is 16.2. The van der Waals surface area contributed by atoms with E-state index in [1.54, 1.807) is 0 Å². The molecule has 0 spiro atoms. The summed E-state index contributed by atoms with van der Waals surface area (Å²) in [5, 5.41) is 6.30. The van der Waals surface area contributed by atoms with Crippen LogP contribution in [0.25, 0.3) is 0 Å². The Morgan fingerprint density at radius 2 is 2.38 bits per heavy atom. The fourth-order valence-electron chi connectivity index (χ4n) is 2.08. The Labute approximate surface area is 98.3 Å². The average Bonchev–Trinajstić information content (AvgIpc) is 2.35. The first-order valence-corrected chi connectivity index (χ1v) is 6.51. The molecule has 4 heteroatoms. The molecule has 1 amide bonds. The predicted octanol–water partition coefficient (Wildman–Crippen LogP) is 0.762. The topological polar surface area (TPSA) is 67.1 Å². The van der Waals surface area contributed by atoms with Gasteiger partial charge >= 0.3 is 0 Å². The second-order valence-electron chi connectivity index (χ2n) is 4.59. The number of hydrogen-bond donors (Lipinski definition) is 3. The van der Waals surface area contributed by atoms with E-state index in [4.69, 9.17) is 5.73 Å². The fraction of sp³-hybridized carbons (Fsp3) is 0.917. The van der Waals surface area contributed by atoms with Crippen molar-refractivity contribution < 1.29 is 4.79 Å². The number of piperidine rings is 1. The van der Waals surface area contributed by atoms with E-state index in [0.29, 0.717) is 6.54 Å². The van der Waals surface area contributed by atoms with Crippen molar-refractivity contribution in [1.82, 2.24) is 10.6 Å². The first-order valence-electron chi connectivity index (χ1n) is 6.51. The molecule has 1 aliphatic heterocycles. The average molecular weight is 227 g/mol. The molecule has 0 aromatic heterocycles. The SMILES string of the molecule is CCCCC(CN)NC(=O)C1CCCCN1. The third-order valence-electron chi connectivity index (χ3n) is 3.16. The van der Waals surface area contributed by atoms with Gasteiger partial charge in [0, 0.05) is 12.6 Å². The zero-order chi connectivity index (χ0) is 11.8. The van der Waals surface area contributed by atoms with Crippen LogP contribution in [-0.4, -0.2) is 31.1 Å². The molecule has 2 unspecified atom stereocenters. The van der Waals surface area contributed by atoms with E-state index in [0.717, 1.165) is 38.6 Å². The highest BCUT2D eigenvalue weighted by Crippen LogP contribution is 2.08. The summed E-state index contributed by atoms with van der Waals surface area (Å²) in [6, 6.07) is 0.153. The summed E-state index contributed by atoms with van der Waals surface area (Å²) in [6.07, 6.45) is 6.55. The maximum atomic E-state index is 11.9. The van der Waals surface area contributed by atoms with Crippen molar-refractivity contribution in [3.05, 3.63) is 0 Å². The van der Waals surface area contributed by atoms with Crippen molar-refractivity contribution in [3.8, 4) is 0 Å². The van der Waals surface area contributed by atoms with Crippen LogP contribution in [0.3, 0.4) is 0 Å². The Kier molecular flexibility index (Phi) is 6.42. The van der Waals surface area contributed by atoms with Crippen LogP contribution in [0.1, 0.15) is 45.4 Å². The number of amides is 1. The number of carbonyl (C=O) groups excluding carboxylic acids is 1. The van der Waals surface area contributed by atoms with E-state index in [2.05, 4.69) is 17.6 Å². The minimum Gasteiger partial charge on any atom is -0.351 e. The summed E-state index contributed by atoms with van der Waals surface area (Å²) in [4.78, 5) is 11.9. The van der Waals surface area contributed by atoms with E-state index in [-0.39, 0.29) is 18.0 Å². The number of nitrogens with one attached hydrogen (secondary N) is 2. The van der Waals surface area contributed by atoms with E-state index in [9.17, 15) is 4.79 Å². The van der Waals surface area contributed by atoms with Crippen LogP contribution in [0.4, 0.5) is 0 Å². The van der Waals surface area contributed by atoms with Crippen LogP contribution >= 0.6 is 0 Å². The Morgan fingerprint density at radius 1 is 1.56 bits per heavy atom. The Balaban J connectivity index is 2.29. The zero-order valence-corrected chi connectivity index (χ0v) is 10.3. The number of rotatable bonds is 6. The lowest BCUT2D eigenvalue weighted by molar-refractivity contribution is -0.124. The van der Waals surface area contributed by atoms with Gasteiger partial charge in [-0.2, -0.15) is 0 Å². The molecule has 0 aliphatic carbocycles. The molecule has 4 N–H and O–H groups in total. The normalized spacial score (nSPS) is 22.8. The van der Waals surface area contributed by atoms with Crippen LogP contribution < -0.4 is 16.4 Å². The molecule has 0 aromatic carbocycles. The van der Waals surface area contributed by atoms with Crippen LogP contribution in [0.2, 0.25) is 0 Å². The van der Waals surface area contributed by atoms with Crippen LogP contribution in [-0.2, 0) is 4.79 Å². The van der Waals surface area contributed by atoms with E-state index >= 15 is 0 Å². The molecule has 4 nitrogen and oxygen atoms in total. The minimum atomic E-state index is 0.00410. The molecule has 0 bridgehead atoms. The molecule has 1 rings (SSSR count). The smallest absolute Gasteiger partial charge is 0.237 e. The fourth-order valence-corrected chi connectivity index (χ4v) is 2.08. The molecule has 2 atom stereocenters. The van der Waals surface area contributed by atoms with Gasteiger partial charge in [0.2, 0.25) is 5.91 Å². The molecule has 0 aromatic rings. The molecule has 94 valence electrons. The highest BCUT2D eigenvalue weighted by molar-refractivity contribution is 5.82. The number of nitrogens with two attached hydrogens (primary N) is 1. The monoisotopic (exact) mass is 227 g/mol. The van der Waals surface area contributed by atoms with Crippen LogP contribution in [0, 0.1) is 0 Å². The molecular weight excluding hydrogens is 202 g/mol. The Morgan fingerprint density at radius 3 is 2.94 bits per heavy atom. The molecule has 1 aliphatic rings. The van der Waals surface area contributed by atoms with Gasteiger partial charge in [-0.05, 0) is 25.8 Å². The number of hydrogen-bond acceptors (Lipinski definition) is 3. The van der Waals surface area contributed by atoms with Crippen LogP contribution in [0.5, 0.6) is 0 Å². The molecule has 0 radical (unpaired) electrons. The first kappa shape index (κ1) is 13.5. The summed E-state index contributed by atoms with van der Waals surface area (Å²) in [6.45, 7) is 3.65. The summed E-state index contributed by atoms with van der Waals surface area (Å²) in [7, 11) is 0. The standard InChI is InChI=1S/C12H25N3O/c1-2-3-6-10(9-13)15-12(16)11-7-4-5-8-14-11/h10-11,14H,2-9,13H2,1H3,(H,15,16). The van der Waals surface area contributed by atoms with E-state index in [1.807, 2.05) is 0 Å². The predicted molar refractivity (Wildman–Crippen MR) is 66.2 cm³/mol. The molecule has 16 heavy (non-hydrogen) atoms. The minimum absolute atomic E-state index is 0.00410. The summed E-state index contributed by atoms with van der Waals surface area (Å²) in [5.41, 5.74) is 5.66. The second kappa shape index (κ2) is 7.63. The van der Waals surface area contributed by atoms with Gasteiger partial charge in [-0.3, -0.25) is 4.79 Å². The third-order valence-corrected chi connectivity index (χ3v) is 3.16. The number of carbonyl (C=O) groups is 1. The molecular formula is C12H25N3O. The summed E-state index contributed by atoms with van der Waals surface area (Å²) in [5.74, 6) is 0.131. The van der Waals surface area contributed by atoms with Gasteiger partial charge in [-0.25, -0.2) is 0 Å². The largest absolute Gasteiger partial charge is 0.351 e. The summed E-state index contributed by atoms with van der Waals surface area (Å²) >= 11 is 0. The quantitative estimate of drug-likeness (QED) is 0.627. The maximum Gasteiger partial charge on any atom is 0.237 e. The van der Waals surface area contributed by atoms with Crippen molar-refractivity contribution in [1.29, 1.82) is 0 Å². The molecule has 0 saturated carbocycles. The highest BCUT2D eigenvalue weighted by Gasteiger charge is 2.22. The van der Waals surface area contributed by atoms with Gasteiger partial charge in [0.1, 0.15) is 0 Å². The maximum absolute atomic E-state index is 11.9. The Bertz CT molecular complexity index is 202. The van der Waals surface area contributed by atoms with Gasteiger partial charge < -0.3 is 16.4 Å². The van der Waals surface area contributed by atoms with Gasteiger partial charge in [-0.15, -0.1) is 0 Å². The Hall–Kier alpha value is -0.610. The first-order chi connectivity index (χ1) is 7.77. The lowest BCUT2D eigenvalue weighted by Gasteiger charge is -2.25. The zero-order valence-electron chi connectivity index (χ0n) is 10.3. The third kappa shape index (κ3) is 4.49. The van der Waals surface area contributed by atoms with Crippen molar-refractivity contribution in [2.45, 2.75) is 57.5 Å². The van der Waals surface area contributed by atoms with Gasteiger partial charge in [0.05, 0.1) is 6.04 Å². The van der Waals surface area contributed by atoms with Gasteiger partial charge in [0.25, 0.3) is 0 Å². The van der Waals surface area contributed by atoms with Crippen LogP contribution in [0.15, 0.2) is 0 Å². The summed E-state index contributed by atoms with van der Waals surface area (Å²) < 4.78 is 0. The van der Waals surface area contributed by atoms with Crippen molar-refractivity contribution in [2.24, 2.45) is 5.73 Å². The lowest BCUT2D eigenvalue weighted by atomic mass is 10.0. The van der Waals surface area contributed by atoms with E-state index in [1.165, 1.54) is 6.42 Å².